The molecule has 0 heterocycles. The van der Waals surface area contributed by atoms with Gasteiger partial charge in [-0.2, -0.15) is 0 Å². The molecule has 0 fully saturated rings. The minimum absolute atomic E-state index is 0.119. The topological polar surface area (TPSA) is 18.5 Å². The van der Waals surface area contributed by atoms with E-state index in [4.69, 9.17) is 9.47 Å². The Bertz CT molecular complexity index is 644. The SMILES string of the molecule is CCc1ccc(OCc2c(F)ccc(Br)c2F)c(OC)c1. The van der Waals surface area contributed by atoms with E-state index in [1.54, 1.807) is 6.07 Å². The third-order valence-electron chi connectivity index (χ3n) is 3.15. The monoisotopic (exact) mass is 356 g/mol. The highest BCUT2D eigenvalue weighted by Crippen LogP contribution is 2.30. The zero-order valence-electron chi connectivity index (χ0n) is 11.8. The minimum Gasteiger partial charge on any atom is -0.493 e. The third-order valence-corrected chi connectivity index (χ3v) is 3.76. The van der Waals surface area contributed by atoms with Gasteiger partial charge in [0.15, 0.2) is 11.5 Å². The second kappa shape index (κ2) is 6.89. The largest absolute Gasteiger partial charge is 0.493 e. The number of ether oxygens (including phenoxy) is 2. The van der Waals surface area contributed by atoms with Crippen LogP contribution in [0.4, 0.5) is 8.78 Å². The van der Waals surface area contributed by atoms with Gasteiger partial charge in [0.2, 0.25) is 0 Å². The standard InChI is InChI=1S/C16H15BrF2O2/c1-3-10-4-7-14(15(8-10)20-2)21-9-11-13(18)6-5-12(17)16(11)19/h4-8H,3,9H2,1-2H3. The molecule has 0 atom stereocenters. The number of aryl methyl sites for hydroxylation is 1. The maximum absolute atomic E-state index is 13.9. The van der Waals surface area contributed by atoms with Crippen LogP contribution in [0, 0.1) is 11.6 Å². The third kappa shape index (κ3) is 3.53. The van der Waals surface area contributed by atoms with Crippen LogP contribution in [-0.2, 0) is 13.0 Å². The van der Waals surface area contributed by atoms with Crippen LogP contribution in [0.15, 0.2) is 34.8 Å². The predicted molar refractivity (Wildman–Crippen MR) is 80.8 cm³/mol. The Morgan fingerprint density at radius 1 is 1.10 bits per heavy atom. The molecule has 21 heavy (non-hydrogen) atoms. The Labute approximate surface area is 130 Å². The van der Waals surface area contributed by atoms with Crippen molar-refractivity contribution in [1.29, 1.82) is 0 Å². The van der Waals surface area contributed by atoms with Crippen molar-refractivity contribution in [2.24, 2.45) is 0 Å². The molecule has 0 aromatic heterocycles. The summed E-state index contributed by atoms with van der Waals surface area (Å²) in [5, 5.41) is 0. The van der Waals surface area contributed by atoms with E-state index in [0.717, 1.165) is 12.0 Å². The first-order valence-corrected chi connectivity index (χ1v) is 7.28. The highest BCUT2D eigenvalue weighted by molar-refractivity contribution is 9.10. The first-order valence-electron chi connectivity index (χ1n) is 6.49. The minimum atomic E-state index is -0.654. The number of hydrogen-bond acceptors (Lipinski definition) is 2. The van der Waals surface area contributed by atoms with Crippen LogP contribution in [0.2, 0.25) is 0 Å². The highest BCUT2D eigenvalue weighted by Gasteiger charge is 2.14. The lowest BCUT2D eigenvalue weighted by molar-refractivity contribution is 0.274. The van der Waals surface area contributed by atoms with Crippen molar-refractivity contribution in [3.05, 3.63) is 57.6 Å². The summed E-state index contributed by atoms with van der Waals surface area (Å²) in [6, 6.07) is 8.01. The molecule has 0 aliphatic carbocycles. The van der Waals surface area contributed by atoms with Crippen molar-refractivity contribution in [2.45, 2.75) is 20.0 Å². The van der Waals surface area contributed by atoms with Gasteiger partial charge in [0.1, 0.15) is 18.2 Å². The lowest BCUT2D eigenvalue weighted by Gasteiger charge is -2.13. The quantitative estimate of drug-likeness (QED) is 0.711. The second-order valence-electron chi connectivity index (χ2n) is 4.45. The lowest BCUT2D eigenvalue weighted by atomic mass is 10.1. The van der Waals surface area contributed by atoms with Crippen molar-refractivity contribution < 1.29 is 18.3 Å². The Kier molecular flexibility index (Phi) is 5.17. The van der Waals surface area contributed by atoms with Gasteiger partial charge in [0.25, 0.3) is 0 Å². The molecule has 0 amide bonds. The van der Waals surface area contributed by atoms with Gasteiger partial charge in [-0.1, -0.05) is 13.0 Å². The van der Waals surface area contributed by atoms with Crippen molar-refractivity contribution in [2.75, 3.05) is 7.11 Å². The predicted octanol–water partition coefficient (Wildman–Crippen LogP) is 4.88. The Morgan fingerprint density at radius 2 is 1.86 bits per heavy atom. The van der Waals surface area contributed by atoms with Crippen molar-refractivity contribution >= 4 is 15.9 Å². The zero-order chi connectivity index (χ0) is 15.4. The Balaban J connectivity index is 2.22. The summed E-state index contributed by atoms with van der Waals surface area (Å²) in [6.07, 6.45) is 0.867. The molecule has 0 spiro atoms. The molecule has 0 radical (unpaired) electrons. The molecule has 2 aromatic rings. The van der Waals surface area contributed by atoms with E-state index in [1.807, 2.05) is 19.1 Å². The fourth-order valence-electron chi connectivity index (χ4n) is 1.90. The number of hydrogen-bond donors (Lipinski definition) is 0. The summed E-state index contributed by atoms with van der Waals surface area (Å²) in [5.74, 6) is -0.294. The summed E-state index contributed by atoms with van der Waals surface area (Å²) in [4.78, 5) is 0. The van der Waals surface area contributed by atoms with Gasteiger partial charge in [-0.05, 0) is 52.2 Å². The molecule has 0 N–H and O–H groups in total. The van der Waals surface area contributed by atoms with Crippen LogP contribution in [0.1, 0.15) is 18.1 Å². The second-order valence-corrected chi connectivity index (χ2v) is 5.30. The summed E-state index contributed by atoms with van der Waals surface area (Å²) in [7, 11) is 1.53. The summed E-state index contributed by atoms with van der Waals surface area (Å²) in [6.45, 7) is 1.82. The van der Waals surface area contributed by atoms with Gasteiger partial charge >= 0.3 is 0 Å². The molecule has 5 heteroatoms. The highest BCUT2D eigenvalue weighted by atomic mass is 79.9. The molecule has 0 unspecified atom stereocenters. The van der Waals surface area contributed by atoms with E-state index >= 15 is 0 Å². The molecule has 0 aliphatic rings. The van der Waals surface area contributed by atoms with E-state index in [-0.39, 0.29) is 16.6 Å². The van der Waals surface area contributed by atoms with Crippen molar-refractivity contribution in [3.8, 4) is 11.5 Å². The average Bonchev–Trinajstić information content (AvgIpc) is 2.51. The zero-order valence-corrected chi connectivity index (χ0v) is 13.3. The summed E-state index contributed by atoms with van der Waals surface area (Å²) >= 11 is 3.03. The van der Waals surface area contributed by atoms with E-state index < -0.39 is 11.6 Å². The maximum Gasteiger partial charge on any atom is 0.161 e. The molecule has 2 rings (SSSR count). The van der Waals surface area contributed by atoms with Gasteiger partial charge in [0.05, 0.1) is 17.1 Å². The molecule has 0 saturated heterocycles. The number of benzene rings is 2. The first-order chi connectivity index (χ1) is 10.1. The van der Waals surface area contributed by atoms with Crippen LogP contribution in [-0.4, -0.2) is 7.11 Å². The molecule has 2 aromatic carbocycles. The van der Waals surface area contributed by atoms with Crippen molar-refractivity contribution in [1.82, 2.24) is 0 Å². The molecule has 0 aliphatic heterocycles. The van der Waals surface area contributed by atoms with Crippen LogP contribution in [0.5, 0.6) is 11.5 Å². The number of methoxy groups -OCH3 is 1. The number of halogens is 3. The average molecular weight is 357 g/mol. The van der Waals surface area contributed by atoms with Gasteiger partial charge in [-0.25, -0.2) is 8.78 Å². The lowest BCUT2D eigenvalue weighted by Crippen LogP contribution is -2.04. The Morgan fingerprint density at radius 3 is 2.52 bits per heavy atom. The van der Waals surface area contributed by atoms with E-state index in [2.05, 4.69) is 15.9 Å². The molecular formula is C16H15BrF2O2. The van der Waals surface area contributed by atoms with Crippen LogP contribution in [0.25, 0.3) is 0 Å². The number of rotatable bonds is 5. The van der Waals surface area contributed by atoms with Crippen molar-refractivity contribution in [3.63, 3.8) is 0 Å². The Hall–Kier alpha value is -1.62. The van der Waals surface area contributed by atoms with Crippen LogP contribution < -0.4 is 9.47 Å². The smallest absolute Gasteiger partial charge is 0.161 e. The molecule has 2 nitrogen and oxygen atoms in total. The van der Waals surface area contributed by atoms with E-state index in [0.29, 0.717) is 11.5 Å². The normalized spacial score (nSPS) is 10.5. The fourth-order valence-corrected chi connectivity index (χ4v) is 2.27. The van der Waals surface area contributed by atoms with Gasteiger partial charge < -0.3 is 9.47 Å². The van der Waals surface area contributed by atoms with Crippen LogP contribution in [0.3, 0.4) is 0 Å². The van der Waals surface area contributed by atoms with Gasteiger partial charge in [-0.3, -0.25) is 0 Å². The molecule has 0 bridgehead atoms. The van der Waals surface area contributed by atoms with Gasteiger partial charge in [0, 0.05) is 0 Å². The molecule has 112 valence electrons. The summed E-state index contributed by atoms with van der Waals surface area (Å²) in [5.41, 5.74) is 0.977. The van der Waals surface area contributed by atoms with Crippen LogP contribution >= 0.6 is 15.9 Å². The molecular weight excluding hydrogens is 342 g/mol. The van der Waals surface area contributed by atoms with Gasteiger partial charge in [-0.15, -0.1) is 0 Å². The maximum atomic E-state index is 13.9. The van der Waals surface area contributed by atoms with E-state index in [9.17, 15) is 8.78 Å². The van der Waals surface area contributed by atoms with E-state index in [1.165, 1.54) is 19.2 Å². The fraction of sp³-hybridized carbons (Fsp3) is 0.250. The first kappa shape index (κ1) is 15.8. The summed E-state index contributed by atoms with van der Waals surface area (Å²) < 4.78 is 38.5. The molecule has 0 saturated carbocycles.